The Morgan fingerprint density at radius 3 is 2.11 bits per heavy atom. The van der Waals surface area contributed by atoms with E-state index < -0.39 is 9.84 Å². The van der Waals surface area contributed by atoms with Gasteiger partial charge in [-0.1, -0.05) is 12.1 Å². The summed E-state index contributed by atoms with van der Waals surface area (Å²) in [5.41, 5.74) is 1.51. The number of hydrogen-bond donors (Lipinski definition) is 2. The number of rotatable bonds is 5. The summed E-state index contributed by atoms with van der Waals surface area (Å²) >= 11 is 0. The van der Waals surface area contributed by atoms with E-state index in [9.17, 15) is 22.4 Å². The molecule has 2 N–H and O–H groups in total. The van der Waals surface area contributed by atoms with Gasteiger partial charge in [0.15, 0.2) is 9.84 Å². The maximum atomic E-state index is 12.9. The summed E-state index contributed by atoms with van der Waals surface area (Å²) in [7, 11) is -3.06. The van der Waals surface area contributed by atoms with Crippen LogP contribution in [0, 0.1) is 5.82 Å². The van der Waals surface area contributed by atoms with Crippen LogP contribution in [0.2, 0.25) is 0 Å². The molecule has 0 aliphatic carbocycles. The lowest BCUT2D eigenvalue weighted by Crippen LogP contribution is -2.35. The Bertz CT molecular complexity index is 941. The summed E-state index contributed by atoms with van der Waals surface area (Å²) in [6.45, 7) is 0.261. The van der Waals surface area contributed by atoms with Crippen molar-refractivity contribution in [2.45, 2.75) is 19.0 Å². The van der Waals surface area contributed by atoms with Crippen molar-refractivity contribution < 1.29 is 22.4 Å². The average molecular weight is 390 g/mol. The Morgan fingerprint density at radius 2 is 1.56 bits per heavy atom. The molecule has 1 aliphatic rings. The number of hydrogen-bond acceptors (Lipinski definition) is 4. The second-order valence-electron chi connectivity index (χ2n) is 6.46. The summed E-state index contributed by atoms with van der Waals surface area (Å²) in [5.74, 6) is -0.967. The molecule has 0 bridgehead atoms. The summed E-state index contributed by atoms with van der Waals surface area (Å²) < 4.78 is 35.8. The SMILES string of the molecule is O=C(NCc1ccc(F)cc1)c1ccc(C(=O)NC2CCS(=O)(=O)C2)cc1. The topological polar surface area (TPSA) is 92.3 Å². The highest BCUT2D eigenvalue weighted by Gasteiger charge is 2.29. The van der Waals surface area contributed by atoms with Gasteiger partial charge in [-0.05, 0) is 48.4 Å². The van der Waals surface area contributed by atoms with Crippen LogP contribution in [0.3, 0.4) is 0 Å². The van der Waals surface area contributed by atoms with E-state index in [1.54, 1.807) is 12.1 Å². The van der Waals surface area contributed by atoms with E-state index in [-0.39, 0.29) is 41.7 Å². The van der Waals surface area contributed by atoms with Gasteiger partial charge in [-0.2, -0.15) is 0 Å². The zero-order chi connectivity index (χ0) is 19.4. The van der Waals surface area contributed by atoms with Crippen LogP contribution in [-0.4, -0.2) is 37.8 Å². The first-order chi connectivity index (χ1) is 12.8. The number of halogens is 1. The van der Waals surface area contributed by atoms with Crippen LogP contribution in [0.15, 0.2) is 48.5 Å². The van der Waals surface area contributed by atoms with Crippen LogP contribution in [0.5, 0.6) is 0 Å². The van der Waals surface area contributed by atoms with Gasteiger partial charge in [0.05, 0.1) is 11.5 Å². The number of nitrogens with one attached hydrogen (secondary N) is 2. The van der Waals surface area contributed by atoms with Gasteiger partial charge in [0, 0.05) is 23.7 Å². The van der Waals surface area contributed by atoms with E-state index in [1.165, 1.54) is 36.4 Å². The van der Waals surface area contributed by atoms with Crippen molar-refractivity contribution in [2.24, 2.45) is 0 Å². The van der Waals surface area contributed by atoms with Gasteiger partial charge in [-0.25, -0.2) is 12.8 Å². The fraction of sp³-hybridized carbons (Fsp3) is 0.263. The van der Waals surface area contributed by atoms with Crippen molar-refractivity contribution in [3.05, 3.63) is 71.0 Å². The van der Waals surface area contributed by atoms with Gasteiger partial charge in [0.1, 0.15) is 5.82 Å². The lowest BCUT2D eigenvalue weighted by molar-refractivity contribution is 0.0933. The highest BCUT2D eigenvalue weighted by molar-refractivity contribution is 7.91. The Kier molecular flexibility index (Phi) is 5.55. The Labute approximate surface area is 156 Å². The molecule has 1 aliphatic heterocycles. The van der Waals surface area contributed by atoms with Crippen LogP contribution in [0.1, 0.15) is 32.7 Å². The van der Waals surface area contributed by atoms with Gasteiger partial charge < -0.3 is 10.6 Å². The smallest absolute Gasteiger partial charge is 0.251 e. The van der Waals surface area contributed by atoms with Crippen molar-refractivity contribution in [2.75, 3.05) is 11.5 Å². The van der Waals surface area contributed by atoms with Crippen LogP contribution in [0.4, 0.5) is 4.39 Å². The molecule has 142 valence electrons. The van der Waals surface area contributed by atoms with Gasteiger partial charge in [0.2, 0.25) is 0 Å². The van der Waals surface area contributed by atoms with E-state index in [2.05, 4.69) is 10.6 Å². The molecule has 3 rings (SSSR count). The monoisotopic (exact) mass is 390 g/mol. The first kappa shape index (κ1) is 19.0. The van der Waals surface area contributed by atoms with Crippen LogP contribution >= 0.6 is 0 Å². The molecule has 6 nitrogen and oxygen atoms in total. The highest BCUT2D eigenvalue weighted by atomic mass is 32.2. The van der Waals surface area contributed by atoms with Gasteiger partial charge in [0.25, 0.3) is 11.8 Å². The molecule has 0 radical (unpaired) electrons. The minimum atomic E-state index is -3.06. The molecular weight excluding hydrogens is 371 g/mol. The second kappa shape index (κ2) is 7.87. The summed E-state index contributed by atoms with van der Waals surface area (Å²) in [6.07, 6.45) is 0.415. The molecule has 8 heteroatoms. The maximum Gasteiger partial charge on any atom is 0.251 e. The zero-order valence-electron chi connectivity index (χ0n) is 14.4. The number of benzene rings is 2. The third-order valence-corrected chi connectivity index (χ3v) is 6.11. The predicted octanol–water partition coefficient (Wildman–Crippen LogP) is 1.67. The Morgan fingerprint density at radius 1 is 0.963 bits per heavy atom. The largest absolute Gasteiger partial charge is 0.348 e. The van der Waals surface area contributed by atoms with E-state index in [0.717, 1.165) is 5.56 Å². The molecule has 1 fully saturated rings. The van der Waals surface area contributed by atoms with E-state index in [0.29, 0.717) is 17.5 Å². The normalized spacial score (nSPS) is 18.0. The predicted molar refractivity (Wildman–Crippen MR) is 98.5 cm³/mol. The number of sulfone groups is 1. The molecule has 2 amide bonds. The Balaban J connectivity index is 1.55. The summed E-state index contributed by atoms with van der Waals surface area (Å²) in [6, 6.07) is 11.5. The lowest BCUT2D eigenvalue weighted by atomic mass is 10.1. The minimum absolute atomic E-state index is 0.0391. The standard InChI is InChI=1S/C19H19FN2O4S/c20-16-7-1-13(2-8-16)11-21-18(23)14-3-5-15(6-4-14)19(24)22-17-9-10-27(25,26)12-17/h1-8,17H,9-12H2,(H,21,23)(H,22,24). The van der Waals surface area contributed by atoms with Crippen LogP contribution < -0.4 is 10.6 Å². The van der Waals surface area contributed by atoms with Crippen molar-refractivity contribution in [1.29, 1.82) is 0 Å². The van der Waals surface area contributed by atoms with Crippen molar-refractivity contribution in [3.8, 4) is 0 Å². The molecule has 0 spiro atoms. The van der Waals surface area contributed by atoms with Crippen molar-refractivity contribution in [3.63, 3.8) is 0 Å². The molecule has 1 unspecified atom stereocenters. The number of amides is 2. The van der Waals surface area contributed by atoms with Gasteiger partial charge in [-0.3, -0.25) is 9.59 Å². The molecule has 2 aromatic rings. The third-order valence-electron chi connectivity index (χ3n) is 4.34. The molecule has 2 aromatic carbocycles. The number of carbonyl (C=O) groups is 2. The third kappa shape index (κ3) is 5.13. The van der Waals surface area contributed by atoms with Crippen LogP contribution in [-0.2, 0) is 16.4 Å². The zero-order valence-corrected chi connectivity index (χ0v) is 15.3. The van der Waals surface area contributed by atoms with Crippen molar-refractivity contribution in [1.82, 2.24) is 10.6 Å². The fourth-order valence-electron chi connectivity index (χ4n) is 2.84. The molecule has 1 atom stereocenters. The second-order valence-corrected chi connectivity index (χ2v) is 8.69. The quantitative estimate of drug-likeness (QED) is 0.812. The first-order valence-corrected chi connectivity index (χ1v) is 10.3. The average Bonchev–Trinajstić information content (AvgIpc) is 2.99. The summed E-state index contributed by atoms with van der Waals surface area (Å²) in [5, 5.41) is 5.42. The molecule has 1 heterocycles. The van der Waals surface area contributed by atoms with Gasteiger partial charge in [-0.15, -0.1) is 0 Å². The van der Waals surface area contributed by atoms with E-state index in [1.807, 2.05) is 0 Å². The van der Waals surface area contributed by atoms with Crippen LogP contribution in [0.25, 0.3) is 0 Å². The molecule has 0 saturated carbocycles. The minimum Gasteiger partial charge on any atom is -0.348 e. The molecule has 1 saturated heterocycles. The summed E-state index contributed by atoms with van der Waals surface area (Å²) in [4.78, 5) is 24.4. The highest BCUT2D eigenvalue weighted by Crippen LogP contribution is 2.13. The molecule has 27 heavy (non-hydrogen) atoms. The lowest BCUT2D eigenvalue weighted by Gasteiger charge is -2.11. The first-order valence-electron chi connectivity index (χ1n) is 8.46. The van der Waals surface area contributed by atoms with Gasteiger partial charge >= 0.3 is 0 Å². The van der Waals surface area contributed by atoms with E-state index >= 15 is 0 Å². The number of carbonyl (C=O) groups excluding carboxylic acids is 2. The fourth-order valence-corrected chi connectivity index (χ4v) is 4.51. The Hall–Kier alpha value is -2.74. The van der Waals surface area contributed by atoms with E-state index in [4.69, 9.17) is 0 Å². The molecular formula is C19H19FN2O4S. The molecule has 0 aromatic heterocycles. The maximum absolute atomic E-state index is 12.9. The van der Waals surface area contributed by atoms with Crippen molar-refractivity contribution >= 4 is 21.7 Å².